The van der Waals surface area contributed by atoms with Crippen molar-refractivity contribution < 1.29 is 0 Å². The summed E-state index contributed by atoms with van der Waals surface area (Å²) < 4.78 is 4.34. The van der Waals surface area contributed by atoms with E-state index in [9.17, 15) is 0 Å². The van der Waals surface area contributed by atoms with Gasteiger partial charge in [0.2, 0.25) is 0 Å². The van der Waals surface area contributed by atoms with Crippen LogP contribution in [0.5, 0.6) is 0 Å². The van der Waals surface area contributed by atoms with Crippen LogP contribution in [0.3, 0.4) is 0 Å². The Morgan fingerprint density at radius 3 is 1.32 bits per heavy atom. The molecule has 2 aromatic carbocycles. The zero-order valence-corrected chi connectivity index (χ0v) is 22.0. The molecule has 6 nitrogen and oxygen atoms in total. The molecule has 5 heterocycles. The zero-order chi connectivity index (χ0) is 26.1. The van der Waals surface area contributed by atoms with Crippen LogP contribution in [0.15, 0.2) is 97.3 Å². The topological polar surface area (TPSA) is 67.2 Å². The summed E-state index contributed by atoms with van der Waals surface area (Å²) in [7, 11) is 0. The van der Waals surface area contributed by atoms with Gasteiger partial charge in [0.05, 0.1) is 22.8 Å². The van der Waals surface area contributed by atoms with Gasteiger partial charge in [-0.1, -0.05) is 36.4 Å². The van der Waals surface area contributed by atoms with Crippen LogP contribution in [0.2, 0.25) is 0 Å². The predicted molar refractivity (Wildman–Crippen MR) is 151 cm³/mol. The lowest BCUT2D eigenvalue weighted by molar-refractivity contribution is 0.600. The molecule has 0 unspecified atom stereocenters. The van der Waals surface area contributed by atoms with E-state index < -0.39 is 0 Å². The minimum Gasteiger partial charge on any atom is -0.356 e. The van der Waals surface area contributed by atoms with Crippen LogP contribution in [0, 0.1) is 0 Å². The number of para-hydroxylation sites is 2. The Balaban J connectivity index is 1.58. The van der Waals surface area contributed by atoms with Gasteiger partial charge in [0.15, 0.2) is 11.6 Å². The van der Waals surface area contributed by atoms with Crippen LogP contribution >= 0.6 is 0 Å². The molecule has 0 atom stereocenters. The first-order chi connectivity index (χ1) is 18.3. The lowest BCUT2D eigenvalue weighted by Gasteiger charge is -2.21. The summed E-state index contributed by atoms with van der Waals surface area (Å²) in [6.07, 6.45) is 4.32. The highest BCUT2D eigenvalue weighted by atomic mass is 15.2. The molecule has 0 saturated heterocycles. The highest BCUT2D eigenvalue weighted by molar-refractivity contribution is 5.61. The first-order valence-electron chi connectivity index (χ1n) is 13.0. The summed E-state index contributed by atoms with van der Waals surface area (Å²) >= 11 is 0. The van der Waals surface area contributed by atoms with E-state index >= 15 is 0 Å². The summed E-state index contributed by atoms with van der Waals surface area (Å²) in [5, 5.41) is 0. The highest BCUT2D eigenvalue weighted by Gasteiger charge is 2.34. The standard InChI is InChI=1S/C32H30N6/c1-31(2)25-17-15-23(33-25)24-16-18-26(34-24)32(3,4)28-20-38(22-13-9-6-10-14-22)30(36-28)29-35-27(31)19-37(29)21-11-7-5-8-12-21/h5-20,33-34H,1-4H3. The smallest absolute Gasteiger partial charge is 0.181 e. The number of aromatic amines is 2. The average Bonchev–Trinajstić information content (AvgIpc) is 3.73. The Hall–Kier alpha value is -4.58. The summed E-state index contributed by atoms with van der Waals surface area (Å²) in [5.41, 5.74) is 7.65. The van der Waals surface area contributed by atoms with Crippen LogP contribution < -0.4 is 0 Å². The van der Waals surface area contributed by atoms with Crippen LogP contribution in [0.4, 0.5) is 0 Å². The van der Waals surface area contributed by atoms with Crippen molar-refractivity contribution in [2.24, 2.45) is 0 Å². The third kappa shape index (κ3) is 3.33. The molecule has 6 heteroatoms. The van der Waals surface area contributed by atoms with E-state index in [0.29, 0.717) is 0 Å². The molecular weight excluding hydrogens is 468 g/mol. The van der Waals surface area contributed by atoms with Crippen molar-refractivity contribution in [1.82, 2.24) is 29.1 Å². The number of imidazole rings is 2. The number of nitrogens with zero attached hydrogens (tertiary/aromatic N) is 4. The van der Waals surface area contributed by atoms with Gasteiger partial charge in [-0.25, -0.2) is 9.97 Å². The van der Waals surface area contributed by atoms with Gasteiger partial charge in [-0.3, -0.25) is 9.13 Å². The first kappa shape index (κ1) is 22.6. The fourth-order valence-electron chi connectivity index (χ4n) is 5.36. The second-order valence-corrected chi connectivity index (χ2v) is 11.1. The molecule has 0 amide bonds. The third-order valence-corrected chi connectivity index (χ3v) is 7.97. The number of aromatic nitrogens is 6. The maximum atomic E-state index is 5.31. The molecule has 0 radical (unpaired) electrons. The molecule has 188 valence electrons. The van der Waals surface area contributed by atoms with E-state index in [1.807, 2.05) is 12.1 Å². The number of hydrogen-bond acceptors (Lipinski definition) is 2. The molecule has 6 aromatic rings. The Kier molecular flexibility index (Phi) is 4.73. The van der Waals surface area contributed by atoms with Crippen molar-refractivity contribution in [3.63, 3.8) is 0 Å². The van der Waals surface area contributed by atoms with Crippen molar-refractivity contribution in [3.05, 3.63) is 120 Å². The number of H-pyrrole nitrogens is 2. The summed E-state index contributed by atoms with van der Waals surface area (Å²) in [6.45, 7) is 8.87. The lowest BCUT2D eigenvalue weighted by Crippen LogP contribution is -2.20. The molecule has 0 spiro atoms. The largest absolute Gasteiger partial charge is 0.356 e. The quantitative estimate of drug-likeness (QED) is 0.270. The van der Waals surface area contributed by atoms with Gasteiger partial charge in [0.1, 0.15) is 0 Å². The number of hydrogen-bond donors (Lipinski definition) is 2. The normalized spacial score (nSPS) is 15.3. The van der Waals surface area contributed by atoms with Crippen molar-refractivity contribution in [2.45, 2.75) is 38.5 Å². The molecule has 0 fully saturated rings. The summed E-state index contributed by atoms with van der Waals surface area (Å²) in [5.74, 6) is 1.61. The number of nitrogens with one attached hydrogen (secondary N) is 2. The fraction of sp³-hybridized carbons (Fsp3) is 0.188. The molecular formula is C32H30N6. The highest BCUT2D eigenvalue weighted by Crippen LogP contribution is 2.39. The van der Waals surface area contributed by atoms with E-state index in [-0.39, 0.29) is 10.8 Å². The minimum atomic E-state index is -0.362. The maximum absolute atomic E-state index is 5.31. The van der Waals surface area contributed by atoms with Crippen molar-refractivity contribution in [2.75, 3.05) is 0 Å². The molecule has 1 aliphatic rings. The molecule has 4 aromatic heterocycles. The van der Waals surface area contributed by atoms with Crippen molar-refractivity contribution in [1.29, 1.82) is 0 Å². The second-order valence-electron chi connectivity index (χ2n) is 11.1. The molecule has 0 aliphatic carbocycles. The van der Waals surface area contributed by atoms with E-state index in [1.54, 1.807) is 0 Å². The van der Waals surface area contributed by atoms with E-state index in [1.165, 1.54) is 0 Å². The summed E-state index contributed by atoms with van der Waals surface area (Å²) in [4.78, 5) is 18.0. The predicted octanol–water partition coefficient (Wildman–Crippen LogP) is 7.01. The maximum Gasteiger partial charge on any atom is 0.181 e. The van der Waals surface area contributed by atoms with Crippen molar-refractivity contribution >= 4 is 0 Å². The van der Waals surface area contributed by atoms with Gasteiger partial charge in [-0.2, -0.15) is 0 Å². The van der Waals surface area contributed by atoms with Gasteiger partial charge in [0, 0.05) is 46.0 Å². The molecule has 8 bridgehead atoms. The van der Waals surface area contributed by atoms with E-state index in [2.05, 4.69) is 132 Å². The van der Waals surface area contributed by atoms with Gasteiger partial charge in [-0.05, 0) is 76.2 Å². The Bertz CT molecular complexity index is 1630. The third-order valence-electron chi connectivity index (χ3n) is 7.97. The second kappa shape index (κ2) is 7.96. The number of fused-ring (bicyclic) bond motifs is 10. The first-order valence-corrected chi connectivity index (χ1v) is 13.0. The van der Waals surface area contributed by atoms with Crippen LogP contribution in [-0.2, 0) is 10.8 Å². The SMILES string of the molecule is CC1(C)c2cn(-c3ccccc3)c(n2)-c2nc(cn2-c2ccccc2)C(C)(C)c2ccc([nH]2)-c2ccc1[nH]2. The van der Waals surface area contributed by atoms with Gasteiger partial charge >= 0.3 is 0 Å². The Morgan fingerprint density at radius 2 is 0.921 bits per heavy atom. The van der Waals surface area contributed by atoms with E-state index in [0.717, 1.165) is 57.2 Å². The number of rotatable bonds is 2. The van der Waals surface area contributed by atoms with E-state index in [4.69, 9.17) is 9.97 Å². The lowest BCUT2D eigenvalue weighted by atomic mass is 9.86. The fourth-order valence-corrected chi connectivity index (χ4v) is 5.36. The molecule has 7 rings (SSSR count). The average molecular weight is 499 g/mol. The van der Waals surface area contributed by atoms with Crippen LogP contribution in [0.25, 0.3) is 34.4 Å². The zero-order valence-electron chi connectivity index (χ0n) is 22.0. The van der Waals surface area contributed by atoms with Gasteiger partial charge in [-0.15, -0.1) is 0 Å². The molecule has 2 N–H and O–H groups in total. The Morgan fingerprint density at radius 1 is 0.526 bits per heavy atom. The summed E-state index contributed by atoms with van der Waals surface area (Å²) in [6, 6.07) is 29.4. The number of benzene rings is 2. The molecule has 1 aliphatic heterocycles. The van der Waals surface area contributed by atoms with Crippen LogP contribution in [-0.4, -0.2) is 29.1 Å². The van der Waals surface area contributed by atoms with Gasteiger partial charge < -0.3 is 9.97 Å². The van der Waals surface area contributed by atoms with Crippen LogP contribution in [0.1, 0.15) is 50.5 Å². The Labute approximate surface area is 222 Å². The minimum absolute atomic E-state index is 0.362. The van der Waals surface area contributed by atoms with Gasteiger partial charge in [0.25, 0.3) is 0 Å². The van der Waals surface area contributed by atoms with Crippen molar-refractivity contribution in [3.8, 4) is 34.4 Å². The molecule has 0 saturated carbocycles. The molecule has 38 heavy (non-hydrogen) atoms. The monoisotopic (exact) mass is 498 g/mol.